The van der Waals surface area contributed by atoms with Crippen molar-refractivity contribution in [3.63, 3.8) is 0 Å². The van der Waals surface area contributed by atoms with Gasteiger partial charge in [0.1, 0.15) is 33.8 Å². The quantitative estimate of drug-likeness (QED) is 0.0325. The van der Waals surface area contributed by atoms with Crippen molar-refractivity contribution in [2.75, 3.05) is 20.2 Å². The first kappa shape index (κ1) is 50.7. The highest BCUT2D eigenvalue weighted by Crippen LogP contribution is 2.38. The summed E-state index contributed by atoms with van der Waals surface area (Å²) in [5.74, 6) is -1.96. The van der Waals surface area contributed by atoms with Gasteiger partial charge < -0.3 is 35.2 Å². The predicted molar refractivity (Wildman–Crippen MR) is 242 cm³/mol. The normalized spacial score (nSPS) is 12.4. The van der Waals surface area contributed by atoms with Crippen LogP contribution in [0.25, 0.3) is 0 Å². The van der Waals surface area contributed by atoms with Gasteiger partial charge in [-0.25, -0.2) is 4.79 Å². The number of nitrogens with zero attached hydrogens (tertiary/aromatic N) is 1. The lowest BCUT2D eigenvalue weighted by Crippen LogP contribution is -2.50. The molecule has 4 aromatic rings. The minimum absolute atomic E-state index is 0.210. The number of hydrogen-bond donors (Lipinski definition) is 5. The van der Waals surface area contributed by atoms with E-state index in [-0.39, 0.29) is 35.3 Å². The van der Waals surface area contributed by atoms with Gasteiger partial charge in [-0.05, 0) is 110 Å². The van der Waals surface area contributed by atoms with Crippen LogP contribution in [0.4, 0.5) is 21.0 Å². The Kier molecular flexibility index (Phi) is 16.1. The van der Waals surface area contributed by atoms with Crippen LogP contribution in [0.2, 0.25) is 0 Å². The van der Waals surface area contributed by atoms with E-state index in [2.05, 4.69) is 5.32 Å². The number of unbranched alkanes of at least 4 members (excludes halogenated alkanes) is 3. The number of alkyl carbamates (subject to hydrolysis) is 1. The Morgan fingerprint density at radius 3 is 1.12 bits per heavy atom. The van der Waals surface area contributed by atoms with E-state index >= 15 is 0 Å². The van der Waals surface area contributed by atoms with Gasteiger partial charge in [0.25, 0.3) is 0 Å². The molecule has 14 heteroatoms. The van der Waals surface area contributed by atoms with Crippen molar-refractivity contribution in [3.05, 3.63) is 130 Å². The Hall–Kier alpha value is -5.90. The molecule has 0 fully saturated rings. The molecule has 64 heavy (non-hydrogen) atoms. The molecular formula is C50H61N2O12+. The minimum Gasteiger partial charge on any atom is -0.436 e. The van der Waals surface area contributed by atoms with Crippen LogP contribution >= 0.6 is 0 Å². The zero-order valence-corrected chi connectivity index (χ0v) is 38.1. The number of nitrogens with one attached hydrogen (secondary N) is 1. The van der Waals surface area contributed by atoms with Gasteiger partial charge in [-0.1, -0.05) is 55.0 Å². The van der Waals surface area contributed by atoms with Crippen molar-refractivity contribution in [2.24, 2.45) is 0 Å². The third kappa shape index (κ3) is 12.4. The molecule has 0 aliphatic rings. The van der Waals surface area contributed by atoms with Gasteiger partial charge in [0.2, 0.25) is 0 Å². The summed E-state index contributed by atoms with van der Waals surface area (Å²) < 4.78 is 10.8. The molecule has 0 radical (unpaired) electrons. The summed E-state index contributed by atoms with van der Waals surface area (Å²) in [6, 6.07) is 25.3. The van der Waals surface area contributed by atoms with E-state index in [9.17, 15) is 49.2 Å². The number of ether oxygens (including phenoxy) is 2. The number of Topliss-reactive ketones (excluding diaryl/α,β-unsaturated/α-hetero) is 4. The molecule has 0 spiro atoms. The smallest absolute Gasteiger partial charge is 0.436 e. The second kappa shape index (κ2) is 20.3. The molecule has 5 N–H and O–H groups in total. The monoisotopic (exact) mass is 881 g/mol. The molecule has 0 aliphatic carbocycles. The highest BCUT2D eigenvalue weighted by molar-refractivity contribution is 6.04. The van der Waals surface area contributed by atoms with Gasteiger partial charge in [0, 0.05) is 53.1 Å². The fourth-order valence-corrected chi connectivity index (χ4v) is 7.13. The van der Waals surface area contributed by atoms with Crippen molar-refractivity contribution in [2.45, 2.75) is 110 Å². The summed E-state index contributed by atoms with van der Waals surface area (Å²) in [6.07, 6.45) is -0.0131. The van der Waals surface area contributed by atoms with E-state index in [1.807, 2.05) is 0 Å². The van der Waals surface area contributed by atoms with E-state index in [0.29, 0.717) is 48.2 Å². The first-order valence-electron chi connectivity index (χ1n) is 21.1. The summed E-state index contributed by atoms with van der Waals surface area (Å²) >= 11 is 0. The Bertz CT molecular complexity index is 2150. The van der Waals surface area contributed by atoms with Crippen molar-refractivity contribution in [1.29, 1.82) is 0 Å². The first-order valence-corrected chi connectivity index (χ1v) is 21.1. The molecule has 342 valence electrons. The molecule has 4 aromatic carbocycles. The van der Waals surface area contributed by atoms with E-state index < -0.39 is 68.3 Å². The molecule has 0 aliphatic heterocycles. The molecule has 0 unspecified atom stereocenters. The Balaban J connectivity index is 1.49. The van der Waals surface area contributed by atoms with Crippen LogP contribution in [-0.2, 0) is 9.47 Å². The molecule has 4 rings (SSSR count). The van der Waals surface area contributed by atoms with Gasteiger partial charge >= 0.3 is 12.2 Å². The second-order valence-corrected chi connectivity index (χ2v) is 18.0. The maximum Gasteiger partial charge on any atom is 0.526 e. The molecule has 0 bridgehead atoms. The number of ketones is 4. The topological polar surface area (TPSA) is 214 Å². The number of quaternary nitrogens is 1. The first-order chi connectivity index (χ1) is 29.7. The number of carbonyl (C=O) groups is 6. The molecule has 0 saturated carbocycles. The predicted octanol–water partition coefficient (Wildman–Crippen LogP) is 7.98. The Morgan fingerprint density at radius 2 is 0.812 bits per heavy atom. The van der Waals surface area contributed by atoms with E-state index in [1.54, 1.807) is 48.5 Å². The molecule has 0 heterocycles. The number of rotatable bonds is 20. The number of amides is 2. The van der Waals surface area contributed by atoms with Crippen molar-refractivity contribution < 1.29 is 58.7 Å². The zero-order valence-electron chi connectivity index (χ0n) is 38.1. The van der Waals surface area contributed by atoms with E-state index in [0.717, 1.165) is 0 Å². The van der Waals surface area contributed by atoms with Crippen molar-refractivity contribution in [3.8, 4) is 0 Å². The maximum absolute atomic E-state index is 13.9. The van der Waals surface area contributed by atoms with Crippen LogP contribution in [0.1, 0.15) is 140 Å². The second-order valence-electron chi connectivity index (χ2n) is 18.0. The number of benzene rings is 4. The molecule has 14 nitrogen and oxygen atoms in total. The Morgan fingerprint density at radius 1 is 0.500 bits per heavy atom. The van der Waals surface area contributed by atoms with E-state index in [1.165, 1.54) is 111 Å². The summed E-state index contributed by atoms with van der Waals surface area (Å²) in [4.78, 5) is 78.2. The molecule has 0 saturated heterocycles. The zero-order chi connectivity index (χ0) is 47.8. The molecule has 0 atom stereocenters. The number of methoxy groups -OCH3 is 1. The highest BCUT2D eigenvalue weighted by atomic mass is 16.6. The van der Waals surface area contributed by atoms with Crippen LogP contribution in [0, 0.1) is 0 Å². The van der Waals surface area contributed by atoms with Crippen LogP contribution in [-0.4, -0.2) is 98.3 Å². The van der Waals surface area contributed by atoms with Crippen LogP contribution in [0.3, 0.4) is 0 Å². The third-order valence-electron chi connectivity index (χ3n) is 10.7. The fraction of sp³-hybridized carbons (Fsp3) is 0.400. The minimum atomic E-state index is -1.62. The van der Waals surface area contributed by atoms with Gasteiger partial charge in [-0.15, -0.1) is 0 Å². The van der Waals surface area contributed by atoms with Crippen LogP contribution in [0.5, 0.6) is 0 Å². The molecular weight excluding hydrogens is 821 g/mol. The number of aliphatic hydroxyl groups is 4. The average molecular weight is 882 g/mol. The lowest BCUT2D eigenvalue weighted by Gasteiger charge is -2.33. The van der Waals surface area contributed by atoms with Crippen LogP contribution < -0.4 is 9.80 Å². The number of hydrogen-bond acceptors (Lipinski definition) is 12. The maximum atomic E-state index is 13.9. The van der Waals surface area contributed by atoms with Gasteiger partial charge in [-0.2, -0.15) is 9.28 Å². The lowest BCUT2D eigenvalue weighted by molar-refractivity contribution is 0.0487. The fourth-order valence-electron chi connectivity index (χ4n) is 7.13. The molecule has 2 amide bonds. The standard InChI is InChI=1S/C50H60N2O12/c1-47(2,59)41(53)34-18-14-32(15-19-34)40(33-16-20-35(21-17-33)42(54)48(3,4)60)64-45(57)51-30-12-10-11-13-31-52(46(58)63-9,38-26-22-36(23-27-38)43(55)49(5,6)61)39-28-24-37(25-29-39)44(56)50(7,8)62/h14-29,40,59-62H,10-13,30-31H2,1-9H3/p+1. The van der Waals surface area contributed by atoms with Crippen molar-refractivity contribution in [1.82, 2.24) is 9.80 Å². The summed E-state index contributed by atoms with van der Waals surface area (Å²) in [5.41, 5.74) is -3.41. The average Bonchev–Trinajstić information content (AvgIpc) is 3.24. The van der Waals surface area contributed by atoms with Gasteiger partial charge in [-0.3, -0.25) is 19.2 Å². The Labute approximate surface area is 374 Å². The van der Waals surface area contributed by atoms with Crippen LogP contribution in [0.15, 0.2) is 97.1 Å². The highest BCUT2D eigenvalue weighted by Gasteiger charge is 2.44. The van der Waals surface area contributed by atoms with Crippen molar-refractivity contribution >= 4 is 46.7 Å². The SMILES string of the molecule is COC(=O)[N+](CCCCCCNC(=O)OC(c1ccc(C(=O)C(C)(C)O)cc1)c1ccc(C(=O)C(C)(C)O)cc1)(c1ccc(C(=O)C(C)(C)O)cc1)c1ccc(C(=O)C(C)(C)O)cc1. The lowest BCUT2D eigenvalue weighted by atomic mass is 9.92. The molecule has 0 aromatic heterocycles. The summed E-state index contributed by atoms with van der Waals surface area (Å²) in [6.45, 7) is 11.6. The van der Waals surface area contributed by atoms with E-state index in [4.69, 9.17) is 9.47 Å². The summed E-state index contributed by atoms with van der Waals surface area (Å²) in [5, 5.41) is 43.9. The largest absolute Gasteiger partial charge is 0.526 e. The summed E-state index contributed by atoms with van der Waals surface area (Å²) in [7, 11) is 1.27. The van der Waals surface area contributed by atoms with Gasteiger partial charge in [0.05, 0.1) is 13.7 Å². The number of carbonyl (C=O) groups excluding carboxylic acids is 6. The third-order valence-corrected chi connectivity index (χ3v) is 10.7. The van der Waals surface area contributed by atoms with Gasteiger partial charge in [0.15, 0.2) is 29.2 Å².